The van der Waals surface area contributed by atoms with Gasteiger partial charge in [-0.3, -0.25) is 4.79 Å². The highest BCUT2D eigenvalue weighted by Crippen LogP contribution is 2.33. The van der Waals surface area contributed by atoms with E-state index in [1.807, 2.05) is 0 Å². The maximum atomic E-state index is 10.9. The van der Waals surface area contributed by atoms with Crippen LogP contribution >= 0.6 is 22.6 Å². The van der Waals surface area contributed by atoms with Crippen molar-refractivity contribution in [2.45, 2.75) is 43.1 Å². The van der Waals surface area contributed by atoms with Crippen molar-refractivity contribution in [3.8, 4) is 0 Å². The first-order chi connectivity index (χ1) is 6.50. The molecule has 1 saturated carbocycles. The van der Waals surface area contributed by atoms with E-state index in [0.717, 1.165) is 6.42 Å². The highest BCUT2D eigenvalue weighted by molar-refractivity contribution is 14.1. The number of carbonyl (C=O) groups excluding carboxylic acids is 1. The average molecular weight is 308 g/mol. The van der Waals surface area contributed by atoms with Crippen LogP contribution in [0.15, 0.2) is 11.3 Å². The van der Waals surface area contributed by atoms with Gasteiger partial charge < -0.3 is 11.1 Å². The maximum Gasteiger partial charge on any atom is 0.230 e. The Morgan fingerprint density at radius 3 is 2.50 bits per heavy atom. The summed E-state index contributed by atoms with van der Waals surface area (Å²) in [7, 11) is 0. The Morgan fingerprint density at radius 1 is 1.57 bits per heavy atom. The minimum Gasteiger partial charge on any atom is -0.386 e. The van der Waals surface area contributed by atoms with Gasteiger partial charge in [0, 0.05) is 18.2 Å². The van der Waals surface area contributed by atoms with Gasteiger partial charge in [-0.1, -0.05) is 28.2 Å². The van der Waals surface area contributed by atoms with E-state index in [1.54, 1.807) is 0 Å². The molecule has 80 valence electrons. The summed E-state index contributed by atoms with van der Waals surface area (Å²) in [5, 5.41) is 3.39. The Morgan fingerprint density at radius 2 is 2.14 bits per heavy atom. The van der Waals surface area contributed by atoms with E-state index in [4.69, 9.17) is 5.73 Å². The lowest BCUT2D eigenvalue weighted by Crippen LogP contribution is -2.29. The van der Waals surface area contributed by atoms with Gasteiger partial charge in [0.05, 0.1) is 3.92 Å². The van der Waals surface area contributed by atoms with E-state index in [-0.39, 0.29) is 9.83 Å². The molecule has 0 aliphatic heterocycles. The first-order valence-electron chi connectivity index (χ1n) is 4.91. The number of carbonyl (C=O) groups is 1. The molecule has 0 heterocycles. The average Bonchev–Trinajstić information content (AvgIpc) is 2.83. The molecule has 0 aromatic carbocycles. The van der Waals surface area contributed by atoms with Crippen molar-refractivity contribution < 1.29 is 4.79 Å². The van der Waals surface area contributed by atoms with Crippen molar-refractivity contribution in [3.63, 3.8) is 0 Å². The van der Waals surface area contributed by atoms with Crippen LogP contribution in [0.2, 0.25) is 0 Å². The molecule has 0 bridgehead atoms. The van der Waals surface area contributed by atoms with Crippen LogP contribution in [0.4, 0.5) is 0 Å². The van der Waals surface area contributed by atoms with Gasteiger partial charge >= 0.3 is 0 Å². The minimum atomic E-state index is -0.227. The summed E-state index contributed by atoms with van der Waals surface area (Å²) < 4.78 is -0.0954. The maximum absolute atomic E-state index is 10.9. The Kier molecular flexibility index (Phi) is 4.22. The lowest BCUT2D eigenvalue weighted by molar-refractivity contribution is -0.117. The third-order valence-electron chi connectivity index (χ3n) is 2.08. The van der Waals surface area contributed by atoms with Crippen molar-refractivity contribution in [2.75, 3.05) is 0 Å². The largest absolute Gasteiger partial charge is 0.386 e. The first kappa shape index (κ1) is 11.8. The summed E-state index contributed by atoms with van der Waals surface area (Å²) >= 11 is 2.11. The molecule has 1 unspecified atom stereocenters. The second kappa shape index (κ2) is 5.00. The second-order valence-electron chi connectivity index (χ2n) is 3.96. The quantitative estimate of drug-likeness (QED) is 0.600. The number of rotatable bonds is 5. The van der Waals surface area contributed by atoms with Gasteiger partial charge in [0.15, 0.2) is 0 Å². The number of alkyl halides is 1. The summed E-state index contributed by atoms with van der Waals surface area (Å²) in [6.07, 6.45) is 3.11. The fraction of sp³-hybridized carbons (Fsp3) is 0.700. The zero-order valence-corrected chi connectivity index (χ0v) is 10.8. The molecule has 4 heteroatoms. The summed E-state index contributed by atoms with van der Waals surface area (Å²) in [5.74, 6) is -0.227. The summed E-state index contributed by atoms with van der Waals surface area (Å²) in [6, 6.07) is 0.426. The van der Waals surface area contributed by atoms with Gasteiger partial charge in [-0.15, -0.1) is 0 Å². The molecule has 1 fully saturated rings. The number of hydrogen-bond donors (Lipinski definition) is 2. The molecule has 0 aromatic rings. The molecule has 0 aromatic heterocycles. The zero-order valence-electron chi connectivity index (χ0n) is 8.64. The molecule has 1 aliphatic carbocycles. The Hall–Kier alpha value is -0.260. The molecule has 0 spiro atoms. The van der Waals surface area contributed by atoms with Gasteiger partial charge in [0.2, 0.25) is 5.91 Å². The van der Waals surface area contributed by atoms with E-state index >= 15 is 0 Å². The highest BCUT2D eigenvalue weighted by Gasteiger charge is 2.22. The lowest BCUT2D eigenvalue weighted by Gasteiger charge is -2.16. The van der Waals surface area contributed by atoms with Crippen LogP contribution in [0.3, 0.4) is 0 Å². The predicted molar refractivity (Wildman–Crippen MR) is 66.2 cm³/mol. The molecular weight excluding hydrogens is 291 g/mol. The fourth-order valence-electron chi connectivity index (χ4n) is 1.30. The molecular formula is C10H17IN2O. The monoisotopic (exact) mass is 308 g/mol. The van der Waals surface area contributed by atoms with Crippen molar-refractivity contribution in [2.24, 2.45) is 5.73 Å². The molecule has 1 amide bonds. The van der Waals surface area contributed by atoms with E-state index in [2.05, 4.69) is 41.8 Å². The van der Waals surface area contributed by atoms with Gasteiger partial charge in [-0.05, 0) is 26.7 Å². The van der Waals surface area contributed by atoms with Gasteiger partial charge in [-0.2, -0.15) is 0 Å². The minimum absolute atomic E-state index is 0.0954. The highest BCUT2D eigenvalue weighted by atomic mass is 127. The Balaban J connectivity index is 2.54. The van der Waals surface area contributed by atoms with Gasteiger partial charge in [0.1, 0.15) is 0 Å². The van der Waals surface area contributed by atoms with E-state index in [9.17, 15) is 4.79 Å². The predicted octanol–water partition coefficient (Wildman–Crippen LogP) is 1.71. The normalized spacial score (nSPS) is 16.7. The van der Waals surface area contributed by atoms with Crippen LogP contribution in [0.1, 0.15) is 33.1 Å². The molecule has 14 heavy (non-hydrogen) atoms. The number of allylic oxidation sites excluding steroid dienone is 2. The van der Waals surface area contributed by atoms with E-state index in [1.165, 1.54) is 24.1 Å². The smallest absolute Gasteiger partial charge is 0.230 e. The number of nitrogens with one attached hydrogen (secondary N) is 1. The second-order valence-corrected chi connectivity index (χ2v) is 5.46. The van der Waals surface area contributed by atoms with Crippen LogP contribution in [-0.2, 0) is 4.79 Å². The number of nitrogens with two attached hydrogens (primary N) is 1. The van der Waals surface area contributed by atoms with Crippen LogP contribution < -0.4 is 11.1 Å². The summed E-state index contributed by atoms with van der Waals surface area (Å²) in [5.41, 5.74) is 7.93. The summed E-state index contributed by atoms with van der Waals surface area (Å²) in [4.78, 5) is 10.9. The van der Waals surface area contributed by atoms with Crippen molar-refractivity contribution >= 4 is 28.5 Å². The van der Waals surface area contributed by atoms with E-state index in [0.29, 0.717) is 6.04 Å². The third kappa shape index (κ3) is 3.86. The summed E-state index contributed by atoms with van der Waals surface area (Å²) in [6.45, 7) is 4.21. The first-order valence-corrected chi connectivity index (χ1v) is 6.16. The molecule has 1 atom stereocenters. The van der Waals surface area contributed by atoms with Crippen LogP contribution in [-0.4, -0.2) is 15.9 Å². The Labute approximate surface area is 98.6 Å². The van der Waals surface area contributed by atoms with Crippen LogP contribution in [0.5, 0.6) is 0 Å². The molecule has 0 saturated heterocycles. The SMILES string of the molecule is CC(C)NC(CC(I)C(N)=O)=C1CC1. The number of halogens is 1. The topological polar surface area (TPSA) is 55.1 Å². The third-order valence-corrected chi connectivity index (χ3v) is 3.14. The van der Waals surface area contributed by atoms with Crippen LogP contribution in [0.25, 0.3) is 0 Å². The number of hydrogen-bond acceptors (Lipinski definition) is 2. The zero-order chi connectivity index (χ0) is 10.7. The number of amides is 1. The van der Waals surface area contributed by atoms with Crippen molar-refractivity contribution in [3.05, 3.63) is 11.3 Å². The molecule has 3 nitrogen and oxygen atoms in total. The van der Waals surface area contributed by atoms with Crippen LogP contribution in [0, 0.1) is 0 Å². The molecule has 0 radical (unpaired) electrons. The Bertz CT molecular complexity index is 255. The molecule has 1 aliphatic rings. The standard InChI is InChI=1S/C10H17IN2O/c1-6(2)13-9(7-3-4-7)5-8(11)10(12)14/h6,8,13H,3-5H2,1-2H3,(H2,12,14). The van der Waals surface area contributed by atoms with Gasteiger partial charge in [-0.25, -0.2) is 0 Å². The van der Waals surface area contributed by atoms with Crippen molar-refractivity contribution in [1.82, 2.24) is 5.32 Å². The molecule has 3 N–H and O–H groups in total. The van der Waals surface area contributed by atoms with Crippen molar-refractivity contribution in [1.29, 1.82) is 0 Å². The number of primary amides is 1. The van der Waals surface area contributed by atoms with Gasteiger partial charge in [0.25, 0.3) is 0 Å². The lowest BCUT2D eigenvalue weighted by atomic mass is 10.2. The fourth-order valence-corrected chi connectivity index (χ4v) is 1.74. The molecule has 1 rings (SSSR count). The van der Waals surface area contributed by atoms with E-state index < -0.39 is 0 Å².